The predicted octanol–water partition coefficient (Wildman–Crippen LogP) is 3.92. The van der Waals surface area contributed by atoms with Crippen molar-refractivity contribution in [1.82, 2.24) is 5.32 Å². The maximum Gasteiger partial charge on any atom is 0.123 e. The predicted molar refractivity (Wildman–Crippen MR) is 71.8 cm³/mol. The minimum absolute atomic E-state index is 0.189. The molecule has 0 amide bonds. The van der Waals surface area contributed by atoms with Crippen LogP contribution in [0.15, 0.2) is 48.5 Å². The van der Waals surface area contributed by atoms with Gasteiger partial charge in [0.15, 0.2) is 0 Å². The smallest absolute Gasteiger partial charge is 0.123 e. The van der Waals surface area contributed by atoms with Gasteiger partial charge >= 0.3 is 0 Å². The van der Waals surface area contributed by atoms with Gasteiger partial charge in [-0.2, -0.15) is 0 Å². The van der Waals surface area contributed by atoms with Crippen LogP contribution in [0.5, 0.6) is 0 Å². The van der Waals surface area contributed by atoms with E-state index in [1.54, 1.807) is 0 Å². The van der Waals surface area contributed by atoms with Crippen molar-refractivity contribution in [3.05, 3.63) is 59.9 Å². The van der Waals surface area contributed by atoms with E-state index in [1.807, 2.05) is 12.1 Å². The Morgan fingerprint density at radius 2 is 1.50 bits per heavy atom. The molecule has 2 aromatic rings. The molecular formula is C16H16FN. The van der Waals surface area contributed by atoms with E-state index in [9.17, 15) is 4.39 Å². The van der Waals surface area contributed by atoms with Gasteiger partial charge < -0.3 is 5.32 Å². The Balaban J connectivity index is 1.84. The zero-order valence-corrected chi connectivity index (χ0v) is 10.2. The van der Waals surface area contributed by atoms with Gasteiger partial charge in [-0.3, -0.25) is 0 Å². The molecule has 1 atom stereocenters. The molecule has 1 aliphatic rings. The van der Waals surface area contributed by atoms with Crippen LogP contribution in [0.1, 0.15) is 24.4 Å². The summed E-state index contributed by atoms with van der Waals surface area (Å²) < 4.78 is 12.9. The van der Waals surface area contributed by atoms with Crippen LogP contribution in [-0.4, -0.2) is 6.54 Å². The molecule has 1 unspecified atom stereocenters. The third-order valence-corrected chi connectivity index (χ3v) is 3.55. The lowest BCUT2D eigenvalue weighted by Gasteiger charge is -2.11. The highest BCUT2D eigenvalue weighted by Gasteiger charge is 2.15. The lowest BCUT2D eigenvalue weighted by atomic mass is 10.00. The molecule has 1 nitrogen and oxygen atoms in total. The highest BCUT2D eigenvalue weighted by molar-refractivity contribution is 5.63. The van der Waals surface area contributed by atoms with E-state index in [0.717, 1.165) is 17.7 Å². The van der Waals surface area contributed by atoms with Crippen LogP contribution in [0.3, 0.4) is 0 Å². The summed E-state index contributed by atoms with van der Waals surface area (Å²) in [7, 11) is 0. The van der Waals surface area contributed by atoms with Crippen LogP contribution < -0.4 is 5.32 Å². The topological polar surface area (TPSA) is 12.0 Å². The summed E-state index contributed by atoms with van der Waals surface area (Å²) in [6.07, 6.45) is 2.47. The molecule has 1 aliphatic heterocycles. The first-order valence-corrected chi connectivity index (χ1v) is 6.42. The van der Waals surface area contributed by atoms with Gasteiger partial charge in [-0.05, 0) is 48.2 Å². The Bertz CT molecular complexity index is 510. The Kier molecular flexibility index (Phi) is 3.11. The molecule has 0 saturated carbocycles. The van der Waals surface area contributed by atoms with Crippen LogP contribution in [0.2, 0.25) is 0 Å². The number of halogens is 1. The molecule has 1 saturated heterocycles. The molecule has 2 aromatic carbocycles. The lowest BCUT2D eigenvalue weighted by Crippen LogP contribution is -2.12. The zero-order chi connectivity index (χ0) is 12.4. The van der Waals surface area contributed by atoms with Crippen molar-refractivity contribution in [3.63, 3.8) is 0 Å². The van der Waals surface area contributed by atoms with Gasteiger partial charge in [0.1, 0.15) is 5.82 Å². The van der Waals surface area contributed by atoms with Crippen molar-refractivity contribution in [1.29, 1.82) is 0 Å². The van der Waals surface area contributed by atoms with Crippen LogP contribution >= 0.6 is 0 Å². The number of nitrogens with one attached hydrogen (secondary N) is 1. The van der Waals surface area contributed by atoms with Gasteiger partial charge in [-0.1, -0.05) is 36.4 Å². The first kappa shape index (κ1) is 11.4. The molecule has 92 valence electrons. The molecule has 1 heterocycles. The number of benzene rings is 2. The molecule has 18 heavy (non-hydrogen) atoms. The maximum atomic E-state index is 12.9. The Morgan fingerprint density at radius 1 is 0.889 bits per heavy atom. The highest BCUT2D eigenvalue weighted by Crippen LogP contribution is 2.26. The van der Waals surface area contributed by atoms with Crippen molar-refractivity contribution >= 4 is 0 Å². The molecule has 0 aromatic heterocycles. The second kappa shape index (κ2) is 4.91. The first-order valence-electron chi connectivity index (χ1n) is 6.42. The van der Waals surface area contributed by atoms with Gasteiger partial charge in [0, 0.05) is 6.04 Å². The molecule has 0 spiro atoms. The summed E-state index contributed by atoms with van der Waals surface area (Å²) >= 11 is 0. The molecular weight excluding hydrogens is 225 g/mol. The molecule has 1 fully saturated rings. The molecule has 2 heteroatoms. The monoisotopic (exact) mass is 241 g/mol. The number of rotatable bonds is 2. The van der Waals surface area contributed by atoms with E-state index < -0.39 is 0 Å². The summed E-state index contributed by atoms with van der Waals surface area (Å²) in [5.41, 5.74) is 3.54. The van der Waals surface area contributed by atoms with Crippen molar-refractivity contribution in [2.75, 3.05) is 6.54 Å². The van der Waals surface area contributed by atoms with E-state index in [2.05, 4.69) is 29.6 Å². The largest absolute Gasteiger partial charge is 0.310 e. The van der Waals surface area contributed by atoms with Crippen LogP contribution in [0.25, 0.3) is 11.1 Å². The molecule has 3 rings (SSSR count). The standard InChI is InChI=1S/C16H16FN/c17-15-9-7-13(8-10-15)12-3-5-14(6-4-12)16-2-1-11-18-16/h3-10,16,18H,1-2,11H2. The number of hydrogen-bond donors (Lipinski definition) is 1. The third-order valence-electron chi connectivity index (χ3n) is 3.55. The minimum Gasteiger partial charge on any atom is -0.310 e. The van der Waals surface area contributed by atoms with Crippen LogP contribution in [0.4, 0.5) is 4.39 Å². The van der Waals surface area contributed by atoms with Crippen molar-refractivity contribution in [3.8, 4) is 11.1 Å². The quantitative estimate of drug-likeness (QED) is 0.840. The Labute approximate surface area is 107 Å². The van der Waals surface area contributed by atoms with Gasteiger partial charge in [0.2, 0.25) is 0 Å². The first-order chi connectivity index (χ1) is 8.83. The molecule has 0 aliphatic carbocycles. The SMILES string of the molecule is Fc1ccc(-c2ccc(C3CCCN3)cc2)cc1. The highest BCUT2D eigenvalue weighted by atomic mass is 19.1. The van der Waals surface area contributed by atoms with Crippen LogP contribution in [0, 0.1) is 5.82 Å². The summed E-state index contributed by atoms with van der Waals surface area (Å²) in [6, 6.07) is 15.7. The fourth-order valence-electron chi connectivity index (χ4n) is 2.52. The summed E-state index contributed by atoms with van der Waals surface area (Å²) in [5, 5.41) is 3.49. The summed E-state index contributed by atoms with van der Waals surface area (Å²) in [4.78, 5) is 0. The summed E-state index contributed by atoms with van der Waals surface area (Å²) in [6.45, 7) is 1.12. The molecule has 0 bridgehead atoms. The van der Waals surface area contributed by atoms with Gasteiger partial charge in [-0.25, -0.2) is 4.39 Å². The average Bonchev–Trinajstić information content (AvgIpc) is 2.94. The second-order valence-corrected chi connectivity index (χ2v) is 4.78. The Hall–Kier alpha value is -1.67. The van der Waals surface area contributed by atoms with Crippen molar-refractivity contribution in [2.24, 2.45) is 0 Å². The van der Waals surface area contributed by atoms with E-state index in [0.29, 0.717) is 6.04 Å². The van der Waals surface area contributed by atoms with Gasteiger partial charge in [-0.15, -0.1) is 0 Å². The van der Waals surface area contributed by atoms with Crippen molar-refractivity contribution < 1.29 is 4.39 Å². The summed E-state index contributed by atoms with van der Waals surface area (Å²) in [5.74, 6) is -0.189. The lowest BCUT2D eigenvalue weighted by molar-refractivity contribution is 0.628. The normalized spacial score (nSPS) is 19.1. The van der Waals surface area contributed by atoms with E-state index >= 15 is 0 Å². The van der Waals surface area contributed by atoms with E-state index in [4.69, 9.17) is 0 Å². The second-order valence-electron chi connectivity index (χ2n) is 4.78. The average molecular weight is 241 g/mol. The van der Waals surface area contributed by atoms with E-state index in [1.165, 1.54) is 30.5 Å². The van der Waals surface area contributed by atoms with Crippen molar-refractivity contribution in [2.45, 2.75) is 18.9 Å². The van der Waals surface area contributed by atoms with Gasteiger partial charge in [0.05, 0.1) is 0 Å². The van der Waals surface area contributed by atoms with Crippen LogP contribution in [-0.2, 0) is 0 Å². The molecule has 0 radical (unpaired) electrons. The third kappa shape index (κ3) is 2.29. The zero-order valence-electron chi connectivity index (χ0n) is 10.2. The maximum absolute atomic E-state index is 12.9. The Morgan fingerprint density at radius 3 is 2.06 bits per heavy atom. The fourth-order valence-corrected chi connectivity index (χ4v) is 2.52. The van der Waals surface area contributed by atoms with Gasteiger partial charge in [0.25, 0.3) is 0 Å². The molecule has 1 N–H and O–H groups in total. The number of hydrogen-bond acceptors (Lipinski definition) is 1. The fraction of sp³-hybridized carbons (Fsp3) is 0.250. The minimum atomic E-state index is -0.189. The van der Waals surface area contributed by atoms with E-state index in [-0.39, 0.29) is 5.82 Å².